The normalized spacial score (nSPS) is 46.1. The van der Waals surface area contributed by atoms with Crippen molar-refractivity contribution in [2.75, 3.05) is 6.61 Å². The highest BCUT2D eigenvalue weighted by molar-refractivity contribution is 5.99. The minimum atomic E-state index is -0.925. The van der Waals surface area contributed by atoms with Gasteiger partial charge in [-0.15, -0.1) is 0 Å². The van der Waals surface area contributed by atoms with E-state index in [1.54, 1.807) is 6.92 Å². The Morgan fingerprint density at radius 2 is 1.35 bits per heavy atom. The number of carbonyl (C=O) groups excluding carboxylic acids is 4. The predicted molar refractivity (Wildman–Crippen MR) is 120 cm³/mol. The Kier molecular flexibility index (Phi) is 5.66. The van der Waals surface area contributed by atoms with E-state index in [2.05, 4.69) is 0 Å². The molecule has 34 heavy (non-hydrogen) atoms. The maximum atomic E-state index is 14.4. The Morgan fingerprint density at radius 1 is 0.824 bits per heavy atom. The monoisotopic (exact) mass is 472 g/mol. The topological polar surface area (TPSA) is 126 Å². The van der Waals surface area contributed by atoms with E-state index in [-0.39, 0.29) is 46.8 Å². The van der Waals surface area contributed by atoms with Gasteiger partial charge in [0.15, 0.2) is 5.78 Å². The van der Waals surface area contributed by atoms with E-state index in [4.69, 9.17) is 0 Å². The highest BCUT2D eigenvalue weighted by Crippen LogP contribution is 2.74. The van der Waals surface area contributed by atoms with Crippen molar-refractivity contribution in [2.45, 2.75) is 71.6 Å². The Hall–Kier alpha value is -1.89. The van der Waals surface area contributed by atoms with Crippen molar-refractivity contribution in [3.05, 3.63) is 0 Å². The lowest BCUT2D eigenvalue weighted by atomic mass is 9.57. The maximum absolute atomic E-state index is 14.4. The molecule has 5 aliphatic rings. The second-order valence-corrected chi connectivity index (χ2v) is 11.9. The van der Waals surface area contributed by atoms with E-state index >= 15 is 0 Å². The van der Waals surface area contributed by atoms with Gasteiger partial charge in [-0.25, -0.2) is 0 Å². The van der Waals surface area contributed by atoms with Gasteiger partial charge in [0.2, 0.25) is 0 Å². The fourth-order valence-corrected chi connectivity index (χ4v) is 9.81. The first-order valence-corrected chi connectivity index (χ1v) is 13.1. The van der Waals surface area contributed by atoms with Crippen LogP contribution in [0.5, 0.6) is 0 Å². The molecule has 2 spiro atoms. The van der Waals surface area contributed by atoms with Gasteiger partial charge in [-0.1, -0.05) is 13.8 Å². The first-order valence-electron chi connectivity index (χ1n) is 13.1. The molecule has 5 rings (SSSR count). The quantitative estimate of drug-likeness (QED) is 0.556. The zero-order chi connectivity index (χ0) is 24.6. The van der Waals surface area contributed by atoms with Gasteiger partial charge in [-0.05, 0) is 68.6 Å². The minimum Gasteiger partial charge on any atom is -0.481 e. The average Bonchev–Trinajstić information content (AvgIpc) is 3.60. The number of hydrogen-bond donors (Lipinski definition) is 2. The number of carbonyl (C=O) groups is 5. The number of carboxylic acids is 1. The molecule has 0 aromatic rings. The van der Waals surface area contributed by atoms with Crippen LogP contribution in [0.25, 0.3) is 0 Å². The number of hydrogen-bond acceptors (Lipinski definition) is 6. The standard InChI is InChI=1S/C27H36O7/c1-3-5-18(30)22-15-9-14(21(22)24(32)33)11-27(15)7-6-26(25(27)34)10-13-8-16(26)23(19(31)12-28)20(13)17(29)4-2/h13-16,20-23,28H,3-12H2,1-2H3,(H,32,33)/t13?,14-,15-,16+,20-,21-,22-,23+,26+,27-/m0/s1. The number of aliphatic hydroxyl groups excluding tert-OH is 1. The van der Waals surface area contributed by atoms with Crippen LogP contribution in [0.15, 0.2) is 0 Å². The molecule has 0 aromatic heterocycles. The minimum absolute atomic E-state index is 0.0140. The van der Waals surface area contributed by atoms with Crippen molar-refractivity contribution in [3.63, 3.8) is 0 Å². The van der Waals surface area contributed by atoms with E-state index < -0.39 is 47.1 Å². The summed E-state index contributed by atoms with van der Waals surface area (Å²) in [6, 6.07) is 0. The van der Waals surface area contributed by atoms with Crippen LogP contribution in [0.3, 0.4) is 0 Å². The van der Waals surface area contributed by atoms with Gasteiger partial charge in [0.05, 0.1) is 5.92 Å². The lowest BCUT2D eigenvalue weighted by molar-refractivity contribution is -0.156. The van der Waals surface area contributed by atoms with Crippen LogP contribution in [0.4, 0.5) is 0 Å². The zero-order valence-corrected chi connectivity index (χ0v) is 20.1. The van der Waals surface area contributed by atoms with Gasteiger partial charge in [0.1, 0.15) is 24.0 Å². The number of carboxylic acid groups (broad SMARTS) is 1. The van der Waals surface area contributed by atoms with Crippen molar-refractivity contribution < 1.29 is 34.2 Å². The van der Waals surface area contributed by atoms with Crippen LogP contribution < -0.4 is 0 Å². The fourth-order valence-electron chi connectivity index (χ4n) is 9.81. The lowest BCUT2D eigenvalue weighted by Gasteiger charge is -2.44. The molecule has 5 saturated carbocycles. The average molecular weight is 473 g/mol. The molecule has 2 N–H and O–H groups in total. The van der Waals surface area contributed by atoms with Gasteiger partial charge < -0.3 is 10.2 Å². The summed E-state index contributed by atoms with van der Waals surface area (Å²) in [4.78, 5) is 65.2. The van der Waals surface area contributed by atoms with Crippen LogP contribution in [-0.2, 0) is 24.0 Å². The van der Waals surface area contributed by atoms with E-state index in [9.17, 15) is 34.2 Å². The molecule has 5 fully saturated rings. The zero-order valence-electron chi connectivity index (χ0n) is 20.1. The summed E-state index contributed by atoms with van der Waals surface area (Å²) in [5, 5.41) is 19.6. The smallest absolute Gasteiger partial charge is 0.307 e. The number of Topliss-reactive ketones (excluding diaryl/α,β-unsaturated/α-hetero) is 4. The second kappa shape index (κ2) is 8.07. The van der Waals surface area contributed by atoms with Crippen LogP contribution in [-0.4, -0.2) is 45.9 Å². The molecule has 1 unspecified atom stereocenters. The highest BCUT2D eigenvalue weighted by Gasteiger charge is 2.75. The van der Waals surface area contributed by atoms with Crippen LogP contribution in [0, 0.1) is 58.2 Å². The van der Waals surface area contributed by atoms with E-state index in [1.165, 1.54) is 0 Å². The largest absolute Gasteiger partial charge is 0.481 e. The van der Waals surface area contributed by atoms with Crippen LogP contribution in [0.2, 0.25) is 0 Å². The van der Waals surface area contributed by atoms with Crippen molar-refractivity contribution in [3.8, 4) is 0 Å². The summed E-state index contributed by atoms with van der Waals surface area (Å²) in [5.74, 6) is -4.04. The molecule has 0 radical (unpaired) electrons. The van der Waals surface area contributed by atoms with Crippen LogP contribution in [0.1, 0.15) is 71.6 Å². The molecule has 186 valence electrons. The number of fused-ring (bicyclic) bond motifs is 6. The molecule has 0 heterocycles. The van der Waals surface area contributed by atoms with Gasteiger partial charge in [-0.3, -0.25) is 24.0 Å². The molecule has 7 nitrogen and oxygen atoms in total. The number of rotatable bonds is 8. The van der Waals surface area contributed by atoms with Crippen molar-refractivity contribution >= 4 is 29.1 Å². The third kappa shape index (κ3) is 2.88. The third-order valence-electron chi connectivity index (χ3n) is 10.8. The Morgan fingerprint density at radius 3 is 1.82 bits per heavy atom. The van der Waals surface area contributed by atoms with Gasteiger partial charge in [-0.2, -0.15) is 0 Å². The van der Waals surface area contributed by atoms with E-state index in [1.807, 2.05) is 6.92 Å². The first kappa shape index (κ1) is 23.8. The number of aliphatic hydroxyl groups is 1. The molecule has 0 saturated heterocycles. The summed E-state index contributed by atoms with van der Waals surface area (Å²) in [5.41, 5.74) is -1.35. The third-order valence-corrected chi connectivity index (χ3v) is 10.8. The van der Waals surface area contributed by atoms with Gasteiger partial charge >= 0.3 is 5.97 Å². The van der Waals surface area contributed by atoms with Gasteiger partial charge in [0, 0.05) is 41.4 Å². The molecule has 4 bridgehead atoms. The molecular weight excluding hydrogens is 436 g/mol. The first-order chi connectivity index (χ1) is 16.2. The number of ketones is 4. The van der Waals surface area contributed by atoms with E-state index in [0.717, 1.165) is 0 Å². The van der Waals surface area contributed by atoms with Crippen LogP contribution >= 0.6 is 0 Å². The molecule has 7 heteroatoms. The van der Waals surface area contributed by atoms with Crippen molar-refractivity contribution in [1.82, 2.24) is 0 Å². The van der Waals surface area contributed by atoms with Gasteiger partial charge in [0.25, 0.3) is 0 Å². The van der Waals surface area contributed by atoms with E-state index in [0.29, 0.717) is 57.8 Å². The number of aliphatic carboxylic acids is 1. The summed E-state index contributed by atoms with van der Waals surface area (Å²) < 4.78 is 0. The lowest BCUT2D eigenvalue weighted by Crippen LogP contribution is -2.51. The van der Waals surface area contributed by atoms with Crippen molar-refractivity contribution in [1.29, 1.82) is 0 Å². The second-order valence-electron chi connectivity index (χ2n) is 11.9. The Balaban J connectivity index is 1.48. The summed E-state index contributed by atoms with van der Waals surface area (Å²) >= 11 is 0. The highest BCUT2D eigenvalue weighted by atomic mass is 16.4. The molecule has 10 atom stereocenters. The SMILES string of the molecule is CCCC(=O)[C@H]1[C@@H](C(=O)O)[C@H]2C[C@@H]1[C@]1(CC[C@]3(CC4C[C@@H]3[C@H](C(=O)CO)[C@@H]4C(=O)CC)C1=O)C2. The Bertz CT molecular complexity index is 941. The molecule has 0 amide bonds. The summed E-state index contributed by atoms with van der Waals surface area (Å²) in [7, 11) is 0. The summed E-state index contributed by atoms with van der Waals surface area (Å²) in [6.45, 7) is 3.09. The predicted octanol–water partition coefficient (Wildman–Crippen LogP) is 2.86. The fraction of sp³-hybridized carbons (Fsp3) is 0.815. The molecule has 5 aliphatic carbocycles. The Labute approximate surface area is 200 Å². The van der Waals surface area contributed by atoms with Crippen molar-refractivity contribution in [2.24, 2.45) is 58.2 Å². The summed E-state index contributed by atoms with van der Waals surface area (Å²) in [6.07, 6.45) is 5.04. The molecular formula is C27H36O7. The maximum Gasteiger partial charge on any atom is 0.307 e. The molecule has 0 aliphatic heterocycles. The molecule has 0 aromatic carbocycles.